The van der Waals surface area contributed by atoms with E-state index in [-0.39, 0.29) is 0 Å². The Labute approximate surface area is 102 Å². The summed E-state index contributed by atoms with van der Waals surface area (Å²) in [6.07, 6.45) is 2.62. The Morgan fingerprint density at radius 1 is 1.53 bits per heavy atom. The molecule has 1 saturated heterocycles. The zero-order chi connectivity index (χ0) is 11.3. The second-order valence-electron chi connectivity index (χ2n) is 4.98. The molecule has 1 fully saturated rings. The lowest BCUT2D eigenvalue weighted by Crippen LogP contribution is -2.32. The van der Waals surface area contributed by atoms with Crippen LogP contribution < -0.4 is 0 Å². The van der Waals surface area contributed by atoms with E-state index in [0.717, 1.165) is 38.0 Å². The minimum absolute atomic E-state index is 0.303. The SMILES string of the molecule is CC(C)COCCC1(CBr)CCOC1C. The summed E-state index contributed by atoms with van der Waals surface area (Å²) in [5.74, 6) is 0.627. The van der Waals surface area contributed by atoms with Crippen LogP contribution in [0.3, 0.4) is 0 Å². The molecule has 0 aromatic carbocycles. The van der Waals surface area contributed by atoms with E-state index in [9.17, 15) is 0 Å². The van der Waals surface area contributed by atoms with Crippen molar-refractivity contribution in [2.45, 2.75) is 39.7 Å². The van der Waals surface area contributed by atoms with Gasteiger partial charge in [-0.15, -0.1) is 0 Å². The summed E-state index contributed by atoms with van der Waals surface area (Å²) in [5, 5.41) is 1.02. The van der Waals surface area contributed by atoms with Crippen LogP contribution >= 0.6 is 15.9 Å². The minimum atomic E-state index is 0.303. The first-order valence-electron chi connectivity index (χ1n) is 5.86. The van der Waals surface area contributed by atoms with E-state index in [1.807, 2.05) is 0 Å². The fourth-order valence-electron chi connectivity index (χ4n) is 1.98. The third-order valence-electron chi connectivity index (χ3n) is 3.29. The summed E-state index contributed by atoms with van der Waals surface area (Å²) in [4.78, 5) is 0. The van der Waals surface area contributed by atoms with Crippen LogP contribution in [0.2, 0.25) is 0 Å². The van der Waals surface area contributed by atoms with Crippen LogP contribution in [0.1, 0.15) is 33.6 Å². The summed E-state index contributed by atoms with van der Waals surface area (Å²) in [6, 6.07) is 0. The summed E-state index contributed by atoms with van der Waals surface area (Å²) in [7, 11) is 0. The maximum Gasteiger partial charge on any atom is 0.0612 e. The van der Waals surface area contributed by atoms with Crippen LogP contribution in [-0.4, -0.2) is 31.3 Å². The molecule has 2 atom stereocenters. The molecule has 0 bridgehead atoms. The smallest absolute Gasteiger partial charge is 0.0612 e. The van der Waals surface area contributed by atoms with Gasteiger partial charge in [-0.05, 0) is 25.7 Å². The normalized spacial score (nSPS) is 31.4. The largest absolute Gasteiger partial charge is 0.381 e. The van der Waals surface area contributed by atoms with Gasteiger partial charge in [0.05, 0.1) is 6.10 Å². The predicted octanol–water partition coefficient (Wildman–Crippen LogP) is 3.24. The number of rotatable bonds is 6. The van der Waals surface area contributed by atoms with E-state index < -0.39 is 0 Å². The van der Waals surface area contributed by atoms with E-state index in [0.29, 0.717) is 17.4 Å². The average Bonchev–Trinajstić information content (AvgIpc) is 2.55. The van der Waals surface area contributed by atoms with Crippen LogP contribution in [0.5, 0.6) is 0 Å². The molecule has 2 unspecified atom stereocenters. The molecule has 0 saturated carbocycles. The molecule has 1 rings (SSSR count). The van der Waals surface area contributed by atoms with Gasteiger partial charge in [0.15, 0.2) is 0 Å². The molecule has 0 radical (unpaired) electrons. The molecule has 0 spiro atoms. The first kappa shape index (κ1) is 13.5. The van der Waals surface area contributed by atoms with Crippen LogP contribution in [0.25, 0.3) is 0 Å². The lowest BCUT2D eigenvalue weighted by atomic mass is 9.81. The van der Waals surface area contributed by atoms with E-state index >= 15 is 0 Å². The molecule has 15 heavy (non-hydrogen) atoms. The van der Waals surface area contributed by atoms with Gasteiger partial charge in [-0.1, -0.05) is 29.8 Å². The van der Waals surface area contributed by atoms with Gasteiger partial charge in [0, 0.05) is 30.6 Å². The van der Waals surface area contributed by atoms with Gasteiger partial charge in [0.1, 0.15) is 0 Å². The summed E-state index contributed by atoms with van der Waals surface area (Å²) < 4.78 is 11.3. The van der Waals surface area contributed by atoms with Gasteiger partial charge in [-0.2, -0.15) is 0 Å². The van der Waals surface area contributed by atoms with E-state index in [1.54, 1.807) is 0 Å². The Kier molecular flexibility index (Phi) is 5.58. The second-order valence-corrected chi connectivity index (χ2v) is 5.54. The third kappa shape index (κ3) is 3.72. The quantitative estimate of drug-likeness (QED) is 0.549. The summed E-state index contributed by atoms with van der Waals surface area (Å²) in [6.45, 7) is 9.17. The van der Waals surface area contributed by atoms with Crippen molar-refractivity contribution in [1.29, 1.82) is 0 Å². The topological polar surface area (TPSA) is 18.5 Å². The summed E-state index contributed by atoms with van der Waals surface area (Å²) in [5.41, 5.74) is 0.303. The number of alkyl halides is 1. The number of hydrogen-bond donors (Lipinski definition) is 0. The van der Waals surface area contributed by atoms with Crippen molar-refractivity contribution in [1.82, 2.24) is 0 Å². The Bertz CT molecular complexity index is 184. The zero-order valence-corrected chi connectivity index (χ0v) is 11.7. The van der Waals surface area contributed by atoms with Crippen LogP contribution in [0.15, 0.2) is 0 Å². The van der Waals surface area contributed by atoms with Gasteiger partial charge in [-0.3, -0.25) is 0 Å². The first-order chi connectivity index (χ1) is 7.10. The van der Waals surface area contributed by atoms with Crippen LogP contribution in [0, 0.1) is 11.3 Å². The molecule has 0 N–H and O–H groups in total. The van der Waals surface area contributed by atoms with Gasteiger partial charge in [-0.25, -0.2) is 0 Å². The fourth-order valence-corrected chi connectivity index (χ4v) is 3.00. The van der Waals surface area contributed by atoms with E-state index in [4.69, 9.17) is 9.47 Å². The Morgan fingerprint density at radius 3 is 2.73 bits per heavy atom. The number of halogens is 1. The predicted molar refractivity (Wildman–Crippen MR) is 66.5 cm³/mol. The molecule has 3 heteroatoms. The molecule has 1 aliphatic rings. The highest BCUT2D eigenvalue weighted by atomic mass is 79.9. The molecular formula is C12H23BrO2. The Morgan fingerprint density at radius 2 is 2.27 bits per heavy atom. The molecule has 0 aromatic rings. The molecule has 1 aliphatic heterocycles. The zero-order valence-electron chi connectivity index (χ0n) is 10.1. The average molecular weight is 279 g/mol. The van der Waals surface area contributed by atoms with Crippen molar-refractivity contribution in [3.63, 3.8) is 0 Å². The fraction of sp³-hybridized carbons (Fsp3) is 1.00. The van der Waals surface area contributed by atoms with Crippen LogP contribution in [-0.2, 0) is 9.47 Å². The molecular weight excluding hydrogens is 256 g/mol. The third-order valence-corrected chi connectivity index (χ3v) is 4.41. The van der Waals surface area contributed by atoms with Crippen molar-refractivity contribution in [2.24, 2.45) is 11.3 Å². The van der Waals surface area contributed by atoms with Gasteiger partial charge in [0.25, 0.3) is 0 Å². The van der Waals surface area contributed by atoms with Crippen molar-refractivity contribution >= 4 is 15.9 Å². The first-order valence-corrected chi connectivity index (χ1v) is 6.98. The molecule has 0 aromatic heterocycles. The lowest BCUT2D eigenvalue weighted by molar-refractivity contribution is 0.0392. The number of hydrogen-bond acceptors (Lipinski definition) is 2. The Hall–Kier alpha value is 0.400. The highest BCUT2D eigenvalue weighted by Crippen LogP contribution is 2.39. The molecule has 1 heterocycles. The minimum Gasteiger partial charge on any atom is -0.381 e. The van der Waals surface area contributed by atoms with Crippen molar-refractivity contribution in [2.75, 3.05) is 25.2 Å². The van der Waals surface area contributed by atoms with Crippen LogP contribution in [0.4, 0.5) is 0 Å². The second kappa shape index (κ2) is 6.21. The van der Waals surface area contributed by atoms with Crippen molar-refractivity contribution < 1.29 is 9.47 Å². The maximum absolute atomic E-state index is 5.66. The molecule has 0 aliphatic carbocycles. The monoisotopic (exact) mass is 278 g/mol. The maximum atomic E-state index is 5.66. The molecule has 2 nitrogen and oxygen atoms in total. The standard InChI is InChI=1S/C12H23BrO2/c1-10(2)8-14-6-4-12(9-13)5-7-15-11(12)3/h10-11H,4-9H2,1-3H3. The molecule has 0 amide bonds. The molecule has 90 valence electrons. The lowest BCUT2D eigenvalue weighted by Gasteiger charge is -2.30. The highest BCUT2D eigenvalue weighted by molar-refractivity contribution is 9.09. The highest BCUT2D eigenvalue weighted by Gasteiger charge is 2.40. The van der Waals surface area contributed by atoms with Gasteiger partial charge >= 0.3 is 0 Å². The van der Waals surface area contributed by atoms with E-state index in [2.05, 4.69) is 36.7 Å². The number of ether oxygens (including phenoxy) is 2. The van der Waals surface area contributed by atoms with Gasteiger partial charge < -0.3 is 9.47 Å². The van der Waals surface area contributed by atoms with E-state index in [1.165, 1.54) is 0 Å². The summed E-state index contributed by atoms with van der Waals surface area (Å²) >= 11 is 3.62. The van der Waals surface area contributed by atoms with Crippen molar-refractivity contribution in [3.8, 4) is 0 Å². The Balaban J connectivity index is 2.28. The van der Waals surface area contributed by atoms with Crippen molar-refractivity contribution in [3.05, 3.63) is 0 Å². The van der Waals surface area contributed by atoms with Gasteiger partial charge in [0.2, 0.25) is 0 Å².